The van der Waals surface area contributed by atoms with Gasteiger partial charge in [-0.15, -0.1) is 0 Å². The number of β-amino-alcohol motifs (C(OH)–C–C–N with tert-alkyl or cyclic N) is 1. The molecule has 90 valence electrons. The number of hydrogen-bond donors (Lipinski definition) is 2. The van der Waals surface area contributed by atoms with Gasteiger partial charge in [-0.25, -0.2) is 0 Å². The lowest BCUT2D eigenvalue weighted by Crippen LogP contribution is -2.41. The lowest BCUT2D eigenvalue weighted by atomic mass is 10.1. The Morgan fingerprint density at radius 3 is 2.53 bits per heavy atom. The van der Waals surface area contributed by atoms with Crippen molar-refractivity contribution in [2.45, 2.75) is 52.3 Å². The van der Waals surface area contributed by atoms with Crippen LogP contribution in [0.15, 0.2) is 0 Å². The maximum atomic E-state index is 9.86. The van der Waals surface area contributed by atoms with Crippen molar-refractivity contribution in [2.24, 2.45) is 5.92 Å². The van der Waals surface area contributed by atoms with Gasteiger partial charge in [-0.1, -0.05) is 20.8 Å². The highest BCUT2D eigenvalue weighted by Gasteiger charge is 2.27. The van der Waals surface area contributed by atoms with Crippen LogP contribution in [0.1, 0.15) is 34.1 Å². The minimum absolute atomic E-state index is 0.236. The third-order valence-electron chi connectivity index (χ3n) is 3.12. The molecule has 0 radical (unpaired) electrons. The molecule has 1 rings (SSSR count). The molecule has 0 spiro atoms. The Kier molecular flexibility index (Phi) is 5.03. The molecule has 0 aliphatic carbocycles. The molecule has 0 amide bonds. The molecule has 1 saturated heterocycles. The number of aliphatic hydroxyl groups is 1. The Balaban J connectivity index is 2.22. The van der Waals surface area contributed by atoms with Crippen LogP contribution in [-0.4, -0.2) is 47.8 Å². The highest BCUT2D eigenvalue weighted by Crippen LogP contribution is 2.21. The summed E-state index contributed by atoms with van der Waals surface area (Å²) in [7, 11) is 0. The number of likely N-dealkylation sites (tertiary alicyclic amines) is 1. The summed E-state index contributed by atoms with van der Waals surface area (Å²) in [4.78, 5) is 2.40. The zero-order chi connectivity index (χ0) is 11.4. The van der Waals surface area contributed by atoms with E-state index in [1.165, 1.54) is 6.42 Å². The van der Waals surface area contributed by atoms with Crippen molar-refractivity contribution in [1.29, 1.82) is 0 Å². The SMILES string of the molecule is CC1CC(C)N(CC(O)CNC(C)C)C1. The lowest BCUT2D eigenvalue weighted by Gasteiger charge is -2.24. The molecular weight excluding hydrogens is 188 g/mol. The van der Waals surface area contributed by atoms with Crippen molar-refractivity contribution in [1.82, 2.24) is 10.2 Å². The molecule has 0 bridgehead atoms. The van der Waals surface area contributed by atoms with Crippen molar-refractivity contribution in [3.05, 3.63) is 0 Å². The largest absolute Gasteiger partial charge is 0.390 e. The highest BCUT2D eigenvalue weighted by atomic mass is 16.3. The molecular formula is C12H26N2O. The van der Waals surface area contributed by atoms with Crippen molar-refractivity contribution in [3.8, 4) is 0 Å². The van der Waals surface area contributed by atoms with Crippen LogP contribution in [0.4, 0.5) is 0 Å². The van der Waals surface area contributed by atoms with Gasteiger partial charge in [-0.2, -0.15) is 0 Å². The fourth-order valence-corrected chi connectivity index (χ4v) is 2.35. The Hall–Kier alpha value is -0.120. The van der Waals surface area contributed by atoms with Gasteiger partial charge < -0.3 is 10.4 Å². The first-order valence-electron chi connectivity index (χ1n) is 6.14. The Labute approximate surface area is 93.9 Å². The topological polar surface area (TPSA) is 35.5 Å². The minimum atomic E-state index is -0.236. The molecule has 15 heavy (non-hydrogen) atoms. The summed E-state index contributed by atoms with van der Waals surface area (Å²) in [5.41, 5.74) is 0. The summed E-state index contributed by atoms with van der Waals surface area (Å²) < 4.78 is 0. The van der Waals surface area contributed by atoms with Gasteiger partial charge in [0.2, 0.25) is 0 Å². The van der Waals surface area contributed by atoms with Crippen molar-refractivity contribution in [2.75, 3.05) is 19.6 Å². The van der Waals surface area contributed by atoms with E-state index in [2.05, 4.69) is 37.9 Å². The predicted octanol–water partition coefficient (Wildman–Crippen LogP) is 1.08. The van der Waals surface area contributed by atoms with E-state index >= 15 is 0 Å². The molecule has 3 nitrogen and oxygen atoms in total. The number of hydrogen-bond acceptors (Lipinski definition) is 3. The van der Waals surface area contributed by atoms with Crippen LogP contribution in [-0.2, 0) is 0 Å². The normalized spacial score (nSPS) is 30.0. The molecule has 0 aromatic rings. The lowest BCUT2D eigenvalue weighted by molar-refractivity contribution is 0.105. The predicted molar refractivity (Wildman–Crippen MR) is 64.0 cm³/mol. The third kappa shape index (κ3) is 4.49. The number of nitrogens with zero attached hydrogens (tertiary/aromatic N) is 1. The van der Waals surface area contributed by atoms with Crippen molar-refractivity contribution in [3.63, 3.8) is 0 Å². The summed E-state index contributed by atoms with van der Waals surface area (Å²) in [6.07, 6.45) is 1.03. The van der Waals surface area contributed by atoms with E-state index in [-0.39, 0.29) is 6.10 Å². The average molecular weight is 214 g/mol. The maximum Gasteiger partial charge on any atom is 0.0791 e. The van der Waals surface area contributed by atoms with Gasteiger partial charge in [0.05, 0.1) is 6.10 Å². The fourth-order valence-electron chi connectivity index (χ4n) is 2.35. The van der Waals surface area contributed by atoms with Gasteiger partial charge in [0, 0.05) is 31.7 Å². The van der Waals surface area contributed by atoms with Crippen LogP contribution in [0.25, 0.3) is 0 Å². The second kappa shape index (κ2) is 5.83. The molecule has 1 aliphatic rings. The minimum Gasteiger partial charge on any atom is -0.390 e. The van der Waals surface area contributed by atoms with E-state index in [0.717, 1.165) is 19.0 Å². The van der Waals surface area contributed by atoms with Crippen molar-refractivity contribution < 1.29 is 5.11 Å². The Morgan fingerprint density at radius 2 is 2.07 bits per heavy atom. The molecule has 1 aliphatic heterocycles. The van der Waals surface area contributed by atoms with Gasteiger partial charge in [0.15, 0.2) is 0 Å². The van der Waals surface area contributed by atoms with Gasteiger partial charge in [-0.3, -0.25) is 4.90 Å². The highest BCUT2D eigenvalue weighted by molar-refractivity contribution is 4.82. The van der Waals surface area contributed by atoms with E-state index in [1.54, 1.807) is 0 Å². The average Bonchev–Trinajstić information content (AvgIpc) is 2.42. The van der Waals surface area contributed by atoms with Gasteiger partial charge >= 0.3 is 0 Å². The fraction of sp³-hybridized carbons (Fsp3) is 1.00. The molecule has 1 heterocycles. The zero-order valence-corrected chi connectivity index (χ0v) is 10.5. The first kappa shape index (κ1) is 12.9. The second-order valence-corrected chi connectivity index (χ2v) is 5.36. The standard InChI is InChI=1S/C12H26N2O/c1-9(2)13-6-12(15)8-14-7-10(3)5-11(14)4/h9-13,15H,5-8H2,1-4H3. The maximum absolute atomic E-state index is 9.86. The number of rotatable bonds is 5. The third-order valence-corrected chi connectivity index (χ3v) is 3.12. The monoisotopic (exact) mass is 214 g/mol. The van der Waals surface area contributed by atoms with Gasteiger partial charge in [0.25, 0.3) is 0 Å². The molecule has 3 atom stereocenters. The summed E-state index contributed by atoms with van der Waals surface area (Å²) in [5, 5.41) is 13.1. The first-order chi connectivity index (χ1) is 6.99. The molecule has 3 heteroatoms. The van der Waals surface area contributed by atoms with Crippen LogP contribution >= 0.6 is 0 Å². The molecule has 0 saturated carbocycles. The van der Waals surface area contributed by atoms with Crippen LogP contribution in [0, 0.1) is 5.92 Å². The summed E-state index contributed by atoms with van der Waals surface area (Å²) in [6.45, 7) is 11.4. The van der Waals surface area contributed by atoms with E-state index in [0.29, 0.717) is 18.6 Å². The Morgan fingerprint density at radius 1 is 1.40 bits per heavy atom. The van der Waals surface area contributed by atoms with E-state index in [9.17, 15) is 5.11 Å². The van der Waals surface area contributed by atoms with Crippen molar-refractivity contribution >= 4 is 0 Å². The summed E-state index contributed by atoms with van der Waals surface area (Å²) in [6, 6.07) is 1.09. The smallest absolute Gasteiger partial charge is 0.0791 e. The van der Waals surface area contributed by atoms with Gasteiger partial charge in [-0.05, 0) is 19.3 Å². The second-order valence-electron chi connectivity index (χ2n) is 5.36. The van der Waals surface area contributed by atoms with E-state index in [4.69, 9.17) is 0 Å². The molecule has 0 aromatic carbocycles. The molecule has 3 unspecified atom stereocenters. The summed E-state index contributed by atoms with van der Waals surface area (Å²) in [5.74, 6) is 0.783. The van der Waals surface area contributed by atoms with Crippen LogP contribution in [0.2, 0.25) is 0 Å². The van der Waals surface area contributed by atoms with Gasteiger partial charge in [0.1, 0.15) is 0 Å². The number of aliphatic hydroxyl groups excluding tert-OH is 1. The molecule has 1 fully saturated rings. The summed E-state index contributed by atoms with van der Waals surface area (Å²) >= 11 is 0. The molecule has 2 N–H and O–H groups in total. The van der Waals surface area contributed by atoms with Crippen LogP contribution in [0.3, 0.4) is 0 Å². The first-order valence-corrected chi connectivity index (χ1v) is 6.14. The van der Waals surface area contributed by atoms with Crippen LogP contribution < -0.4 is 5.32 Å². The Bertz CT molecular complexity index is 184. The van der Waals surface area contributed by atoms with Crippen LogP contribution in [0.5, 0.6) is 0 Å². The zero-order valence-electron chi connectivity index (χ0n) is 10.5. The number of nitrogens with one attached hydrogen (secondary N) is 1. The molecule has 0 aromatic heterocycles. The quantitative estimate of drug-likeness (QED) is 0.719. The van der Waals surface area contributed by atoms with E-state index < -0.39 is 0 Å². The van der Waals surface area contributed by atoms with E-state index in [1.807, 2.05) is 0 Å².